The average Bonchev–Trinajstić information content (AvgIpc) is 2.47. The molecule has 2 aromatic heterocycles. The highest BCUT2D eigenvalue weighted by Gasteiger charge is 2.20. The summed E-state index contributed by atoms with van der Waals surface area (Å²) < 4.78 is 20.4. The standard InChI is InChI=1S/C16H17FN2O3/c1-5-10-13-11(7-18-15(10)17)14(20)12(16(21)22-6-2)8-19(13)9(3)4/h5,7-9H,1,6H2,2-4H3. The van der Waals surface area contributed by atoms with Gasteiger partial charge in [-0.15, -0.1) is 0 Å². The molecule has 116 valence electrons. The third-order valence-electron chi connectivity index (χ3n) is 3.31. The number of carbonyl (C=O) groups is 1. The molecule has 0 fully saturated rings. The molecule has 0 saturated heterocycles. The first-order valence-electron chi connectivity index (χ1n) is 6.95. The van der Waals surface area contributed by atoms with Gasteiger partial charge in [-0.05, 0) is 20.8 Å². The molecule has 0 N–H and O–H groups in total. The van der Waals surface area contributed by atoms with Gasteiger partial charge in [0.25, 0.3) is 0 Å². The van der Waals surface area contributed by atoms with Crippen LogP contribution in [0.25, 0.3) is 17.0 Å². The SMILES string of the molecule is C=Cc1c(F)ncc2c(=O)c(C(=O)OCC)cn(C(C)C)c12. The Labute approximate surface area is 127 Å². The summed E-state index contributed by atoms with van der Waals surface area (Å²) in [6, 6.07) is -0.100. The first kappa shape index (κ1) is 15.9. The molecule has 0 aliphatic rings. The van der Waals surface area contributed by atoms with E-state index in [-0.39, 0.29) is 29.2 Å². The fraction of sp³-hybridized carbons (Fsp3) is 0.312. The Bertz CT molecular complexity index is 809. The van der Waals surface area contributed by atoms with Crippen molar-refractivity contribution < 1.29 is 13.9 Å². The molecule has 0 amide bonds. The molecular formula is C16H17FN2O3. The third kappa shape index (κ3) is 2.52. The summed E-state index contributed by atoms with van der Waals surface area (Å²) in [5, 5.41) is 0.163. The molecule has 22 heavy (non-hydrogen) atoms. The van der Waals surface area contributed by atoms with Crippen molar-refractivity contribution in [1.82, 2.24) is 9.55 Å². The molecule has 5 nitrogen and oxygen atoms in total. The Kier molecular flexibility index (Phi) is 4.40. The number of hydrogen-bond donors (Lipinski definition) is 0. The number of esters is 1. The largest absolute Gasteiger partial charge is 0.462 e. The molecule has 2 rings (SSSR count). The Hall–Kier alpha value is -2.50. The highest BCUT2D eigenvalue weighted by atomic mass is 19.1. The summed E-state index contributed by atoms with van der Waals surface area (Å²) in [7, 11) is 0. The summed E-state index contributed by atoms with van der Waals surface area (Å²) in [5.41, 5.74) is -0.110. The number of aromatic nitrogens is 2. The molecule has 0 radical (unpaired) electrons. The maximum absolute atomic E-state index is 13.9. The maximum Gasteiger partial charge on any atom is 0.343 e. The van der Waals surface area contributed by atoms with Crippen LogP contribution in [-0.4, -0.2) is 22.1 Å². The van der Waals surface area contributed by atoms with Crippen molar-refractivity contribution in [3.8, 4) is 0 Å². The fourth-order valence-electron chi connectivity index (χ4n) is 2.29. The number of halogens is 1. The number of fused-ring (bicyclic) bond motifs is 1. The van der Waals surface area contributed by atoms with Crippen molar-refractivity contribution >= 4 is 22.9 Å². The normalized spacial score (nSPS) is 11.0. The fourth-order valence-corrected chi connectivity index (χ4v) is 2.29. The van der Waals surface area contributed by atoms with Gasteiger partial charge in [0.1, 0.15) is 5.56 Å². The monoisotopic (exact) mass is 304 g/mol. The number of ether oxygens (including phenoxy) is 1. The summed E-state index contributed by atoms with van der Waals surface area (Å²) in [6.07, 6.45) is 3.86. The lowest BCUT2D eigenvalue weighted by Crippen LogP contribution is -2.22. The van der Waals surface area contributed by atoms with Crippen LogP contribution in [0.15, 0.2) is 23.8 Å². The van der Waals surface area contributed by atoms with Crippen molar-refractivity contribution in [2.24, 2.45) is 0 Å². The molecule has 0 atom stereocenters. The average molecular weight is 304 g/mol. The van der Waals surface area contributed by atoms with Crippen LogP contribution in [0, 0.1) is 5.95 Å². The molecule has 0 aliphatic carbocycles. The zero-order valence-electron chi connectivity index (χ0n) is 12.7. The van der Waals surface area contributed by atoms with E-state index in [1.165, 1.54) is 12.3 Å². The van der Waals surface area contributed by atoms with Crippen molar-refractivity contribution in [2.75, 3.05) is 6.61 Å². The lowest BCUT2D eigenvalue weighted by atomic mass is 10.1. The molecule has 6 heteroatoms. The van der Waals surface area contributed by atoms with Crippen LogP contribution in [-0.2, 0) is 4.74 Å². The van der Waals surface area contributed by atoms with Crippen molar-refractivity contribution in [3.63, 3.8) is 0 Å². The van der Waals surface area contributed by atoms with Gasteiger partial charge in [-0.2, -0.15) is 4.39 Å². The Balaban J connectivity index is 2.94. The van der Waals surface area contributed by atoms with Crippen LogP contribution >= 0.6 is 0 Å². The summed E-state index contributed by atoms with van der Waals surface area (Å²) in [4.78, 5) is 28.0. The Morgan fingerprint density at radius 3 is 2.77 bits per heavy atom. The van der Waals surface area contributed by atoms with Crippen LogP contribution in [0.2, 0.25) is 0 Å². The second kappa shape index (κ2) is 6.09. The summed E-state index contributed by atoms with van der Waals surface area (Å²) >= 11 is 0. The third-order valence-corrected chi connectivity index (χ3v) is 3.31. The molecule has 0 aromatic carbocycles. The maximum atomic E-state index is 13.9. The van der Waals surface area contributed by atoms with Crippen LogP contribution in [0.1, 0.15) is 42.7 Å². The Morgan fingerprint density at radius 1 is 1.55 bits per heavy atom. The number of pyridine rings is 2. The van der Waals surface area contributed by atoms with E-state index in [4.69, 9.17) is 4.74 Å². The van der Waals surface area contributed by atoms with Gasteiger partial charge in [0.2, 0.25) is 11.4 Å². The van der Waals surface area contributed by atoms with E-state index in [0.717, 1.165) is 6.20 Å². The van der Waals surface area contributed by atoms with E-state index >= 15 is 0 Å². The van der Waals surface area contributed by atoms with Crippen LogP contribution in [0.3, 0.4) is 0 Å². The predicted molar refractivity (Wildman–Crippen MR) is 82.4 cm³/mol. The molecule has 2 heterocycles. The zero-order chi connectivity index (χ0) is 16.4. The van der Waals surface area contributed by atoms with Gasteiger partial charge in [-0.3, -0.25) is 4.79 Å². The van der Waals surface area contributed by atoms with Crippen LogP contribution in [0.4, 0.5) is 4.39 Å². The van der Waals surface area contributed by atoms with Gasteiger partial charge in [-0.1, -0.05) is 12.7 Å². The van der Waals surface area contributed by atoms with Crippen LogP contribution < -0.4 is 5.43 Å². The summed E-state index contributed by atoms with van der Waals surface area (Å²) in [6.45, 7) is 9.13. The first-order valence-corrected chi connectivity index (χ1v) is 6.95. The number of carbonyl (C=O) groups excluding carboxylic acids is 1. The van der Waals surface area contributed by atoms with E-state index in [1.807, 2.05) is 13.8 Å². The molecule has 2 aromatic rings. The van der Waals surface area contributed by atoms with Crippen molar-refractivity contribution in [1.29, 1.82) is 0 Å². The van der Waals surface area contributed by atoms with Crippen LogP contribution in [0.5, 0.6) is 0 Å². The lowest BCUT2D eigenvalue weighted by molar-refractivity contribution is 0.0524. The van der Waals surface area contributed by atoms with Gasteiger partial charge < -0.3 is 9.30 Å². The molecule has 0 spiro atoms. The minimum Gasteiger partial charge on any atom is -0.462 e. The quantitative estimate of drug-likeness (QED) is 0.643. The predicted octanol–water partition coefficient (Wildman–Crippen LogP) is 2.94. The zero-order valence-corrected chi connectivity index (χ0v) is 12.7. The lowest BCUT2D eigenvalue weighted by Gasteiger charge is -2.18. The molecule has 0 bridgehead atoms. The first-order chi connectivity index (χ1) is 10.4. The van der Waals surface area contributed by atoms with E-state index in [9.17, 15) is 14.0 Å². The molecule has 0 aliphatic heterocycles. The van der Waals surface area contributed by atoms with Gasteiger partial charge in [0, 0.05) is 18.4 Å². The number of rotatable bonds is 4. The van der Waals surface area contributed by atoms with E-state index in [0.29, 0.717) is 5.52 Å². The smallest absolute Gasteiger partial charge is 0.343 e. The molecule has 0 saturated carbocycles. The minimum atomic E-state index is -0.708. The topological polar surface area (TPSA) is 61.2 Å². The second-order valence-corrected chi connectivity index (χ2v) is 5.02. The highest BCUT2D eigenvalue weighted by molar-refractivity contribution is 5.95. The van der Waals surface area contributed by atoms with Crippen molar-refractivity contribution in [2.45, 2.75) is 26.8 Å². The minimum absolute atomic E-state index is 0.0912. The van der Waals surface area contributed by atoms with E-state index < -0.39 is 17.3 Å². The van der Waals surface area contributed by atoms with Gasteiger partial charge in [0.05, 0.1) is 23.1 Å². The van der Waals surface area contributed by atoms with Gasteiger partial charge >= 0.3 is 5.97 Å². The van der Waals surface area contributed by atoms with Gasteiger partial charge in [0.15, 0.2) is 0 Å². The van der Waals surface area contributed by atoms with E-state index in [1.54, 1.807) is 11.5 Å². The highest BCUT2D eigenvalue weighted by Crippen LogP contribution is 2.23. The Morgan fingerprint density at radius 2 is 2.23 bits per heavy atom. The van der Waals surface area contributed by atoms with E-state index in [2.05, 4.69) is 11.6 Å². The number of hydrogen-bond acceptors (Lipinski definition) is 4. The van der Waals surface area contributed by atoms with Gasteiger partial charge in [-0.25, -0.2) is 9.78 Å². The second-order valence-electron chi connectivity index (χ2n) is 5.02. The number of nitrogens with zero attached hydrogens (tertiary/aromatic N) is 2. The summed E-state index contributed by atoms with van der Waals surface area (Å²) in [5.74, 6) is -1.41. The molecule has 0 unspecified atom stereocenters. The van der Waals surface area contributed by atoms with Crippen molar-refractivity contribution in [3.05, 3.63) is 46.3 Å². The molecular weight excluding hydrogens is 287 g/mol.